The number of hydrogen-bond acceptors (Lipinski definition) is 5. The van der Waals surface area contributed by atoms with Crippen LogP contribution in [0.3, 0.4) is 0 Å². The third-order valence-electron chi connectivity index (χ3n) is 4.20. The fourth-order valence-corrected chi connectivity index (χ4v) is 2.78. The van der Waals surface area contributed by atoms with Gasteiger partial charge < -0.3 is 24.8 Å². The van der Waals surface area contributed by atoms with Gasteiger partial charge in [0.25, 0.3) is 0 Å². The highest BCUT2D eigenvalue weighted by molar-refractivity contribution is 5.95. The maximum atomic E-state index is 12.4. The van der Waals surface area contributed by atoms with Crippen molar-refractivity contribution < 1.29 is 19.0 Å². The smallest absolute Gasteiger partial charge is 0.243 e. The van der Waals surface area contributed by atoms with Gasteiger partial charge in [0.05, 0.1) is 17.9 Å². The maximum Gasteiger partial charge on any atom is 0.243 e. The molecule has 31 heavy (non-hydrogen) atoms. The van der Waals surface area contributed by atoms with Gasteiger partial charge in [0, 0.05) is 0 Å². The van der Waals surface area contributed by atoms with Gasteiger partial charge in [-0.3, -0.25) is 4.79 Å². The van der Waals surface area contributed by atoms with E-state index >= 15 is 0 Å². The molecular weight excluding hydrogens is 392 g/mol. The molecule has 0 atom stereocenters. The lowest BCUT2D eigenvalue weighted by Gasteiger charge is -2.14. The van der Waals surface area contributed by atoms with Gasteiger partial charge >= 0.3 is 0 Å². The Morgan fingerprint density at radius 1 is 0.774 bits per heavy atom. The van der Waals surface area contributed by atoms with Gasteiger partial charge in [0.15, 0.2) is 0 Å². The van der Waals surface area contributed by atoms with E-state index < -0.39 is 0 Å². The van der Waals surface area contributed by atoms with Crippen LogP contribution in [0, 0.1) is 0 Å². The van der Waals surface area contributed by atoms with Crippen LogP contribution in [0.5, 0.6) is 17.2 Å². The van der Waals surface area contributed by atoms with E-state index in [2.05, 4.69) is 17.2 Å². The minimum Gasteiger partial charge on any atom is -0.490 e. The maximum absolute atomic E-state index is 12.4. The SMILES string of the molecule is C=CCOc1ccccc1NC(=O)CNc1ccccc1OCCOc1ccccc1. The van der Waals surface area contributed by atoms with E-state index in [0.29, 0.717) is 37.0 Å². The Balaban J connectivity index is 1.49. The molecule has 0 heterocycles. The van der Waals surface area contributed by atoms with Crippen LogP contribution in [0.4, 0.5) is 11.4 Å². The quantitative estimate of drug-likeness (QED) is 0.328. The Bertz CT molecular complexity index is 976. The number of ether oxygens (including phenoxy) is 3. The van der Waals surface area contributed by atoms with Crippen molar-refractivity contribution in [3.05, 3.63) is 91.5 Å². The first kappa shape index (κ1) is 21.8. The Kier molecular flexibility index (Phi) is 8.37. The molecular formula is C25H26N2O4. The summed E-state index contributed by atoms with van der Waals surface area (Å²) in [4.78, 5) is 12.4. The molecule has 0 aliphatic rings. The molecule has 3 aromatic rings. The van der Waals surface area contributed by atoms with Crippen LogP contribution in [0.25, 0.3) is 0 Å². The number of hydrogen-bond donors (Lipinski definition) is 2. The molecule has 0 radical (unpaired) electrons. The van der Waals surface area contributed by atoms with Crippen LogP contribution in [-0.2, 0) is 4.79 Å². The van der Waals surface area contributed by atoms with Crippen LogP contribution >= 0.6 is 0 Å². The van der Waals surface area contributed by atoms with Crippen molar-refractivity contribution >= 4 is 17.3 Å². The first-order valence-corrected chi connectivity index (χ1v) is 10.0. The standard InChI is InChI=1S/C25H26N2O4/c1-2-16-30-24-15-9-7-13-22(24)27-25(28)19-26-21-12-6-8-14-23(21)31-18-17-29-20-10-4-3-5-11-20/h2-15,26H,1,16-19H2,(H,27,28). The largest absolute Gasteiger partial charge is 0.490 e. The highest BCUT2D eigenvalue weighted by Gasteiger charge is 2.09. The molecule has 0 unspecified atom stereocenters. The molecule has 0 aromatic heterocycles. The molecule has 3 rings (SSSR count). The van der Waals surface area contributed by atoms with E-state index in [9.17, 15) is 4.79 Å². The van der Waals surface area contributed by atoms with Gasteiger partial charge in [0.1, 0.15) is 37.1 Å². The van der Waals surface area contributed by atoms with E-state index in [4.69, 9.17) is 14.2 Å². The van der Waals surface area contributed by atoms with Gasteiger partial charge in [-0.15, -0.1) is 0 Å². The Morgan fingerprint density at radius 3 is 2.13 bits per heavy atom. The normalized spacial score (nSPS) is 10.1. The molecule has 3 aromatic carbocycles. The van der Waals surface area contributed by atoms with Crippen molar-refractivity contribution in [2.45, 2.75) is 0 Å². The van der Waals surface area contributed by atoms with Gasteiger partial charge in [-0.1, -0.05) is 55.1 Å². The Hall–Kier alpha value is -3.93. The van der Waals surface area contributed by atoms with Crippen molar-refractivity contribution in [1.29, 1.82) is 0 Å². The molecule has 0 spiro atoms. The van der Waals surface area contributed by atoms with Crippen LogP contribution in [0.2, 0.25) is 0 Å². The lowest BCUT2D eigenvalue weighted by Crippen LogP contribution is -2.22. The second-order valence-corrected chi connectivity index (χ2v) is 6.50. The zero-order valence-corrected chi connectivity index (χ0v) is 17.3. The molecule has 6 heteroatoms. The van der Waals surface area contributed by atoms with Gasteiger partial charge in [-0.2, -0.15) is 0 Å². The molecule has 0 saturated heterocycles. The molecule has 1 amide bonds. The minimum absolute atomic E-state index is 0.0800. The van der Waals surface area contributed by atoms with E-state index in [1.165, 1.54) is 0 Å². The van der Waals surface area contributed by atoms with Crippen LogP contribution in [-0.4, -0.2) is 32.3 Å². The Labute approximate surface area is 182 Å². The molecule has 0 saturated carbocycles. The summed E-state index contributed by atoms with van der Waals surface area (Å²) < 4.78 is 17.0. The summed E-state index contributed by atoms with van der Waals surface area (Å²) in [6.45, 7) is 4.88. The lowest BCUT2D eigenvalue weighted by molar-refractivity contribution is -0.114. The fourth-order valence-electron chi connectivity index (χ4n) is 2.78. The van der Waals surface area contributed by atoms with E-state index in [-0.39, 0.29) is 12.5 Å². The fraction of sp³-hybridized carbons (Fsp3) is 0.160. The summed E-state index contributed by atoms with van der Waals surface area (Å²) in [5.41, 5.74) is 1.34. The van der Waals surface area contributed by atoms with Crippen molar-refractivity contribution in [2.75, 3.05) is 37.0 Å². The number of carbonyl (C=O) groups is 1. The number of carbonyl (C=O) groups excluding carboxylic acids is 1. The van der Waals surface area contributed by atoms with Gasteiger partial charge in [0.2, 0.25) is 5.91 Å². The van der Waals surface area contributed by atoms with Gasteiger partial charge in [-0.05, 0) is 36.4 Å². The monoisotopic (exact) mass is 418 g/mol. The third kappa shape index (κ3) is 7.12. The van der Waals surface area contributed by atoms with Crippen molar-refractivity contribution in [3.8, 4) is 17.2 Å². The van der Waals surface area contributed by atoms with E-state index in [1.807, 2.05) is 66.7 Å². The summed E-state index contributed by atoms with van der Waals surface area (Å²) in [5, 5.41) is 5.98. The molecule has 0 aliphatic carbocycles. The highest BCUT2D eigenvalue weighted by Crippen LogP contribution is 2.25. The topological polar surface area (TPSA) is 68.8 Å². The van der Waals surface area contributed by atoms with Crippen LogP contribution < -0.4 is 24.8 Å². The number of rotatable bonds is 12. The van der Waals surface area contributed by atoms with Crippen molar-refractivity contribution in [2.24, 2.45) is 0 Å². The summed E-state index contributed by atoms with van der Waals surface area (Å²) in [6.07, 6.45) is 1.65. The number of amides is 1. The zero-order chi connectivity index (χ0) is 21.7. The zero-order valence-electron chi connectivity index (χ0n) is 17.3. The van der Waals surface area contributed by atoms with E-state index in [0.717, 1.165) is 11.4 Å². The number of benzene rings is 3. The average molecular weight is 418 g/mol. The summed E-state index contributed by atoms with van der Waals surface area (Å²) in [5.74, 6) is 1.85. The highest BCUT2D eigenvalue weighted by atomic mass is 16.5. The number of nitrogens with one attached hydrogen (secondary N) is 2. The predicted octanol–water partition coefficient (Wildman–Crippen LogP) is 4.76. The third-order valence-corrected chi connectivity index (χ3v) is 4.20. The Morgan fingerprint density at radius 2 is 1.39 bits per heavy atom. The predicted molar refractivity (Wildman–Crippen MR) is 123 cm³/mol. The average Bonchev–Trinajstić information content (AvgIpc) is 2.81. The van der Waals surface area contributed by atoms with Crippen LogP contribution in [0.15, 0.2) is 91.5 Å². The van der Waals surface area contributed by atoms with Crippen LogP contribution in [0.1, 0.15) is 0 Å². The summed E-state index contributed by atoms with van der Waals surface area (Å²) in [6, 6.07) is 24.3. The number of para-hydroxylation sites is 5. The van der Waals surface area contributed by atoms with E-state index in [1.54, 1.807) is 18.2 Å². The van der Waals surface area contributed by atoms with Gasteiger partial charge in [-0.25, -0.2) is 0 Å². The second-order valence-electron chi connectivity index (χ2n) is 6.50. The molecule has 6 nitrogen and oxygen atoms in total. The van der Waals surface area contributed by atoms with Crippen molar-refractivity contribution in [1.82, 2.24) is 0 Å². The molecule has 0 bridgehead atoms. The molecule has 0 fully saturated rings. The molecule has 160 valence electrons. The minimum atomic E-state index is -0.197. The molecule has 2 N–H and O–H groups in total. The number of anilines is 2. The first-order chi connectivity index (χ1) is 15.3. The summed E-state index contributed by atoms with van der Waals surface area (Å²) >= 11 is 0. The second kappa shape index (κ2) is 11.9. The van der Waals surface area contributed by atoms with Crippen molar-refractivity contribution in [3.63, 3.8) is 0 Å². The first-order valence-electron chi connectivity index (χ1n) is 10.0. The summed E-state index contributed by atoms with van der Waals surface area (Å²) in [7, 11) is 0. The molecule has 0 aliphatic heterocycles. The lowest BCUT2D eigenvalue weighted by atomic mass is 10.2.